The highest BCUT2D eigenvalue weighted by atomic mass is 16.5. The van der Waals surface area contributed by atoms with E-state index < -0.39 is 0 Å². The standard InChI is InChI=1S/C13H18O2/c1-3-15-13-7-5-4-6-10(13)12-8-11(12)9(2)14/h4-7,9,11-12,14H,3,8H2,1-2H3/t9-,11+,12-/m0/s1. The third-order valence-corrected chi connectivity index (χ3v) is 3.08. The van der Waals surface area contributed by atoms with E-state index in [0.717, 1.165) is 12.2 Å². The van der Waals surface area contributed by atoms with E-state index in [2.05, 4.69) is 6.07 Å². The summed E-state index contributed by atoms with van der Waals surface area (Å²) in [6.45, 7) is 4.56. The molecule has 1 N–H and O–H groups in total. The summed E-state index contributed by atoms with van der Waals surface area (Å²) in [6.07, 6.45) is 0.881. The molecule has 82 valence electrons. The lowest BCUT2D eigenvalue weighted by atomic mass is 10.1. The molecule has 0 aromatic heterocycles. The second kappa shape index (κ2) is 4.23. The second-order valence-corrected chi connectivity index (χ2v) is 4.22. The third-order valence-electron chi connectivity index (χ3n) is 3.08. The van der Waals surface area contributed by atoms with Crippen molar-refractivity contribution in [2.75, 3.05) is 6.61 Å². The van der Waals surface area contributed by atoms with E-state index in [4.69, 9.17) is 4.74 Å². The average Bonchev–Trinajstić information content (AvgIpc) is 2.99. The summed E-state index contributed by atoms with van der Waals surface area (Å²) in [5.74, 6) is 1.90. The minimum atomic E-state index is -0.204. The Hall–Kier alpha value is -1.02. The third kappa shape index (κ3) is 2.15. The quantitative estimate of drug-likeness (QED) is 0.820. The largest absolute Gasteiger partial charge is 0.494 e. The molecule has 0 unspecified atom stereocenters. The molecular formula is C13H18O2. The van der Waals surface area contributed by atoms with Gasteiger partial charge in [-0.3, -0.25) is 0 Å². The molecule has 0 heterocycles. The van der Waals surface area contributed by atoms with Crippen LogP contribution >= 0.6 is 0 Å². The summed E-state index contributed by atoms with van der Waals surface area (Å²) >= 11 is 0. The van der Waals surface area contributed by atoms with Crippen LogP contribution in [0.1, 0.15) is 31.7 Å². The topological polar surface area (TPSA) is 29.5 Å². The molecule has 0 radical (unpaired) electrons. The second-order valence-electron chi connectivity index (χ2n) is 4.22. The Kier molecular flexibility index (Phi) is 2.96. The van der Waals surface area contributed by atoms with Crippen LogP contribution in [0.2, 0.25) is 0 Å². The number of rotatable bonds is 4. The Morgan fingerprint density at radius 3 is 2.80 bits per heavy atom. The number of hydrogen-bond acceptors (Lipinski definition) is 2. The summed E-state index contributed by atoms with van der Waals surface area (Å²) in [5.41, 5.74) is 1.25. The van der Waals surface area contributed by atoms with Crippen molar-refractivity contribution in [1.29, 1.82) is 0 Å². The summed E-state index contributed by atoms with van der Waals surface area (Å²) in [7, 11) is 0. The van der Waals surface area contributed by atoms with Crippen molar-refractivity contribution in [3.8, 4) is 5.75 Å². The lowest BCUT2D eigenvalue weighted by Gasteiger charge is -2.10. The first-order valence-electron chi connectivity index (χ1n) is 5.63. The Morgan fingerprint density at radius 1 is 1.47 bits per heavy atom. The summed E-state index contributed by atoms with van der Waals surface area (Å²) < 4.78 is 5.58. The van der Waals surface area contributed by atoms with E-state index in [1.807, 2.05) is 32.0 Å². The fourth-order valence-corrected chi connectivity index (χ4v) is 2.18. The number of aliphatic hydroxyl groups is 1. The summed E-state index contributed by atoms with van der Waals surface area (Å²) in [4.78, 5) is 0. The van der Waals surface area contributed by atoms with Gasteiger partial charge in [0, 0.05) is 0 Å². The van der Waals surface area contributed by atoms with Gasteiger partial charge in [0.25, 0.3) is 0 Å². The fourth-order valence-electron chi connectivity index (χ4n) is 2.18. The SMILES string of the molecule is CCOc1ccccc1[C@@H]1C[C@@H]1[C@H](C)O. The molecule has 0 spiro atoms. The molecule has 3 atom stereocenters. The summed E-state index contributed by atoms with van der Waals surface area (Å²) in [6, 6.07) is 8.15. The van der Waals surface area contributed by atoms with E-state index in [-0.39, 0.29) is 6.10 Å². The van der Waals surface area contributed by atoms with Crippen LogP contribution in [-0.2, 0) is 0 Å². The summed E-state index contributed by atoms with van der Waals surface area (Å²) in [5, 5.41) is 9.50. The maximum Gasteiger partial charge on any atom is 0.122 e. The lowest BCUT2D eigenvalue weighted by molar-refractivity contribution is 0.168. The van der Waals surface area contributed by atoms with Crippen molar-refractivity contribution in [3.05, 3.63) is 29.8 Å². The minimum absolute atomic E-state index is 0.204. The zero-order chi connectivity index (χ0) is 10.8. The van der Waals surface area contributed by atoms with Gasteiger partial charge >= 0.3 is 0 Å². The van der Waals surface area contributed by atoms with Crippen LogP contribution in [0, 0.1) is 5.92 Å². The van der Waals surface area contributed by atoms with Crippen molar-refractivity contribution >= 4 is 0 Å². The van der Waals surface area contributed by atoms with E-state index in [1.165, 1.54) is 5.56 Å². The first-order valence-corrected chi connectivity index (χ1v) is 5.63. The molecular weight excluding hydrogens is 188 g/mol. The first kappa shape index (κ1) is 10.5. The number of aliphatic hydroxyl groups excluding tert-OH is 1. The zero-order valence-electron chi connectivity index (χ0n) is 9.31. The van der Waals surface area contributed by atoms with Gasteiger partial charge in [0.2, 0.25) is 0 Å². The molecule has 2 rings (SSSR count). The van der Waals surface area contributed by atoms with Gasteiger partial charge in [-0.05, 0) is 43.7 Å². The Labute approximate surface area is 90.9 Å². The normalized spacial score (nSPS) is 26.1. The number of benzene rings is 1. The van der Waals surface area contributed by atoms with Gasteiger partial charge in [0.05, 0.1) is 12.7 Å². The number of hydrogen-bond donors (Lipinski definition) is 1. The highest BCUT2D eigenvalue weighted by molar-refractivity contribution is 5.39. The number of para-hydroxylation sites is 1. The van der Waals surface area contributed by atoms with E-state index in [1.54, 1.807) is 0 Å². The lowest BCUT2D eigenvalue weighted by Crippen LogP contribution is -2.04. The molecule has 15 heavy (non-hydrogen) atoms. The van der Waals surface area contributed by atoms with Gasteiger partial charge in [-0.15, -0.1) is 0 Å². The van der Waals surface area contributed by atoms with Crippen molar-refractivity contribution in [3.63, 3.8) is 0 Å². The van der Waals surface area contributed by atoms with Gasteiger partial charge in [-0.2, -0.15) is 0 Å². The highest BCUT2D eigenvalue weighted by Gasteiger charge is 2.42. The minimum Gasteiger partial charge on any atom is -0.494 e. The number of ether oxygens (including phenoxy) is 1. The maximum absolute atomic E-state index is 9.50. The predicted octanol–water partition coefficient (Wildman–Crippen LogP) is 2.57. The van der Waals surface area contributed by atoms with Crippen LogP contribution in [0.5, 0.6) is 5.75 Å². The molecule has 1 fully saturated rings. The van der Waals surface area contributed by atoms with Crippen LogP contribution < -0.4 is 4.74 Å². The van der Waals surface area contributed by atoms with Crippen LogP contribution in [0.25, 0.3) is 0 Å². The van der Waals surface area contributed by atoms with E-state index in [0.29, 0.717) is 18.4 Å². The molecule has 2 heteroatoms. The molecule has 1 aromatic carbocycles. The fraction of sp³-hybridized carbons (Fsp3) is 0.538. The van der Waals surface area contributed by atoms with Crippen LogP contribution in [0.4, 0.5) is 0 Å². The Bertz CT molecular complexity index is 333. The van der Waals surface area contributed by atoms with Crippen molar-refractivity contribution < 1.29 is 9.84 Å². The van der Waals surface area contributed by atoms with E-state index >= 15 is 0 Å². The van der Waals surface area contributed by atoms with Crippen LogP contribution in [-0.4, -0.2) is 17.8 Å². The monoisotopic (exact) mass is 206 g/mol. The smallest absolute Gasteiger partial charge is 0.122 e. The molecule has 1 aliphatic rings. The molecule has 0 aliphatic heterocycles. The van der Waals surface area contributed by atoms with E-state index in [9.17, 15) is 5.11 Å². The van der Waals surface area contributed by atoms with Crippen molar-refractivity contribution in [2.45, 2.75) is 32.3 Å². The van der Waals surface area contributed by atoms with Gasteiger partial charge in [0.15, 0.2) is 0 Å². The Balaban J connectivity index is 2.15. The van der Waals surface area contributed by atoms with Crippen LogP contribution in [0.3, 0.4) is 0 Å². The molecule has 0 bridgehead atoms. The van der Waals surface area contributed by atoms with Crippen molar-refractivity contribution in [2.24, 2.45) is 5.92 Å². The van der Waals surface area contributed by atoms with Gasteiger partial charge in [-0.25, -0.2) is 0 Å². The molecule has 1 aromatic rings. The van der Waals surface area contributed by atoms with Gasteiger partial charge in [-0.1, -0.05) is 18.2 Å². The Morgan fingerprint density at radius 2 is 2.20 bits per heavy atom. The van der Waals surface area contributed by atoms with Crippen molar-refractivity contribution in [1.82, 2.24) is 0 Å². The highest BCUT2D eigenvalue weighted by Crippen LogP contribution is 2.51. The first-order chi connectivity index (χ1) is 7.24. The molecule has 0 amide bonds. The molecule has 0 saturated heterocycles. The van der Waals surface area contributed by atoms with Gasteiger partial charge < -0.3 is 9.84 Å². The maximum atomic E-state index is 9.50. The predicted molar refractivity (Wildman–Crippen MR) is 60.1 cm³/mol. The molecule has 2 nitrogen and oxygen atoms in total. The van der Waals surface area contributed by atoms with Crippen LogP contribution in [0.15, 0.2) is 24.3 Å². The molecule has 1 saturated carbocycles. The molecule has 1 aliphatic carbocycles. The van der Waals surface area contributed by atoms with Gasteiger partial charge in [0.1, 0.15) is 5.75 Å². The zero-order valence-corrected chi connectivity index (χ0v) is 9.31. The average molecular weight is 206 g/mol.